The van der Waals surface area contributed by atoms with E-state index in [9.17, 15) is 9.90 Å². The molecule has 0 spiro atoms. The van der Waals surface area contributed by atoms with Gasteiger partial charge in [0.05, 0.1) is 18.7 Å². The summed E-state index contributed by atoms with van der Waals surface area (Å²) in [5.74, 6) is 0.779. The summed E-state index contributed by atoms with van der Waals surface area (Å²) in [4.78, 5) is 16.4. The van der Waals surface area contributed by atoms with Crippen LogP contribution in [0.4, 0.5) is 0 Å². The largest absolute Gasteiger partial charge is 0.507 e. The highest BCUT2D eigenvalue weighted by molar-refractivity contribution is 5.96. The highest BCUT2D eigenvalue weighted by Crippen LogP contribution is 2.45. The molecule has 5 N–H and O–H groups in total. The number of carbonyl (C=O) groups is 1. The van der Waals surface area contributed by atoms with Crippen molar-refractivity contribution in [2.24, 2.45) is 16.5 Å². The Labute approximate surface area is 193 Å². The van der Waals surface area contributed by atoms with Gasteiger partial charge in [-0.1, -0.05) is 36.4 Å². The van der Waals surface area contributed by atoms with Crippen molar-refractivity contribution < 1.29 is 19.4 Å². The Morgan fingerprint density at radius 3 is 2.55 bits per heavy atom. The Balaban J connectivity index is 1.41. The minimum atomic E-state index is -0.469. The van der Waals surface area contributed by atoms with E-state index in [4.69, 9.17) is 20.9 Å². The van der Waals surface area contributed by atoms with Crippen LogP contribution in [0.5, 0.6) is 11.5 Å². The molecule has 1 atom stereocenters. The van der Waals surface area contributed by atoms with Crippen molar-refractivity contribution in [3.63, 3.8) is 0 Å². The summed E-state index contributed by atoms with van der Waals surface area (Å²) in [6.45, 7) is 4.58. The van der Waals surface area contributed by atoms with Crippen LogP contribution in [0.1, 0.15) is 46.8 Å². The summed E-state index contributed by atoms with van der Waals surface area (Å²) in [6.07, 6.45) is 2.13. The maximum absolute atomic E-state index is 12.5. The van der Waals surface area contributed by atoms with E-state index < -0.39 is 5.60 Å². The first-order valence-corrected chi connectivity index (χ1v) is 11.0. The Kier molecular flexibility index (Phi) is 6.14. The number of rotatable bonds is 6. The third-order valence-electron chi connectivity index (χ3n) is 6.26. The van der Waals surface area contributed by atoms with Gasteiger partial charge in [0.25, 0.3) is 0 Å². The predicted octanol–water partition coefficient (Wildman–Crippen LogP) is 3.96. The number of ether oxygens (including phenoxy) is 2. The van der Waals surface area contributed by atoms with Crippen LogP contribution in [0.25, 0.3) is 10.8 Å². The SMILES string of the molecule is Cc1c2c(c3ccccc3c1O)OC(C)(CCOC(=O)c1ccc(CN=C(N)N)cc1)CC2. The van der Waals surface area contributed by atoms with Gasteiger partial charge in [-0.3, -0.25) is 0 Å². The number of hydrogen-bond donors (Lipinski definition) is 3. The molecule has 33 heavy (non-hydrogen) atoms. The summed E-state index contributed by atoms with van der Waals surface area (Å²) in [7, 11) is 0. The van der Waals surface area contributed by atoms with Gasteiger partial charge in [0.2, 0.25) is 0 Å². The molecule has 0 bridgehead atoms. The molecule has 0 saturated carbocycles. The lowest BCUT2D eigenvalue weighted by molar-refractivity contribution is 0.0191. The lowest BCUT2D eigenvalue weighted by atomic mass is 9.86. The smallest absolute Gasteiger partial charge is 0.338 e. The first-order valence-electron chi connectivity index (χ1n) is 11.0. The Morgan fingerprint density at radius 2 is 1.85 bits per heavy atom. The molecule has 1 unspecified atom stereocenters. The number of fused-ring (bicyclic) bond motifs is 3. The number of phenolic OH excluding ortho intramolecular Hbond substituents is 1. The van der Waals surface area contributed by atoms with Crippen LogP contribution in [-0.2, 0) is 17.7 Å². The van der Waals surface area contributed by atoms with E-state index in [1.165, 1.54) is 0 Å². The van der Waals surface area contributed by atoms with E-state index in [1.54, 1.807) is 24.3 Å². The molecule has 0 saturated heterocycles. The van der Waals surface area contributed by atoms with Crippen LogP contribution in [-0.4, -0.2) is 29.2 Å². The van der Waals surface area contributed by atoms with E-state index >= 15 is 0 Å². The van der Waals surface area contributed by atoms with Crippen LogP contribution >= 0.6 is 0 Å². The predicted molar refractivity (Wildman–Crippen MR) is 129 cm³/mol. The number of guanidine groups is 1. The third kappa shape index (κ3) is 4.72. The fraction of sp³-hybridized carbons (Fsp3) is 0.308. The Hall–Kier alpha value is -3.74. The number of carbonyl (C=O) groups excluding carboxylic acids is 1. The average Bonchev–Trinajstić information content (AvgIpc) is 2.81. The monoisotopic (exact) mass is 447 g/mol. The minimum Gasteiger partial charge on any atom is -0.507 e. The maximum atomic E-state index is 12.5. The molecule has 0 aromatic heterocycles. The standard InChI is InChI=1S/C26H29N3O4/c1-16-19-11-12-26(2,33-23(19)21-6-4-3-5-20(21)22(16)30)13-14-32-24(31)18-9-7-17(8-10-18)15-29-25(27)28/h3-10,30H,11-15H2,1-2H3,(H4,27,28,29). The highest BCUT2D eigenvalue weighted by Gasteiger charge is 2.34. The van der Waals surface area contributed by atoms with Crippen LogP contribution in [0, 0.1) is 6.92 Å². The van der Waals surface area contributed by atoms with Gasteiger partial charge in [-0.2, -0.15) is 0 Å². The van der Waals surface area contributed by atoms with E-state index in [0.717, 1.165) is 46.1 Å². The van der Waals surface area contributed by atoms with Gasteiger partial charge >= 0.3 is 5.97 Å². The highest BCUT2D eigenvalue weighted by atomic mass is 16.5. The minimum absolute atomic E-state index is 0.0273. The summed E-state index contributed by atoms with van der Waals surface area (Å²) >= 11 is 0. The molecule has 3 aromatic carbocycles. The van der Waals surface area contributed by atoms with Gasteiger partial charge in [-0.05, 0) is 49.9 Å². The number of nitrogens with two attached hydrogens (primary N) is 2. The van der Waals surface area contributed by atoms with Gasteiger partial charge in [-0.15, -0.1) is 0 Å². The van der Waals surface area contributed by atoms with Crippen molar-refractivity contribution >= 4 is 22.7 Å². The lowest BCUT2D eigenvalue weighted by Gasteiger charge is -2.37. The third-order valence-corrected chi connectivity index (χ3v) is 6.26. The molecule has 1 aliphatic rings. The van der Waals surface area contributed by atoms with Gasteiger partial charge < -0.3 is 26.0 Å². The van der Waals surface area contributed by atoms with E-state index in [2.05, 4.69) is 4.99 Å². The molecule has 1 aliphatic heterocycles. The fourth-order valence-electron chi connectivity index (χ4n) is 4.22. The number of aromatic hydroxyl groups is 1. The molecule has 172 valence electrons. The van der Waals surface area contributed by atoms with Crippen molar-refractivity contribution in [2.45, 2.75) is 45.3 Å². The topological polar surface area (TPSA) is 120 Å². The molecule has 3 aromatic rings. The molecule has 7 nitrogen and oxygen atoms in total. The van der Waals surface area contributed by atoms with Gasteiger partial charge in [0.15, 0.2) is 5.96 Å². The van der Waals surface area contributed by atoms with E-state index in [1.807, 2.05) is 38.1 Å². The number of aliphatic imine (C=N–C) groups is 1. The first kappa shape index (κ1) is 22.5. The zero-order valence-electron chi connectivity index (χ0n) is 18.9. The van der Waals surface area contributed by atoms with Crippen molar-refractivity contribution in [1.82, 2.24) is 0 Å². The summed E-state index contributed by atoms with van der Waals surface area (Å²) < 4.78 is 12.0. The number of nitrogens with zero attached hydrogens (tertiary/aromatic N) is 1. The molecule has 0 radical (unpaired) electrons. The second kappa shape index (κ2) is 9.02. The zero-order chi connectivity index (χ0) is 23.6. The second-order valence-electron chi connectivity index (χ2n) is 8.70. The maximum Gasteiger partial charge on any atom is 0.338 e. The van der Waals surface area contributed by atoms with Gasteiger partial charge in [0, 0.05) is 22.8 Å². The lowest BCUT2D eigenvalue weighted by Crippen LogP contribution is -2.38. The van der Waals surface area contributed by atoms with Crippen LogP contribution in [0.15, 0.2) is 53.5 Å². The molecule has 0 amide bonds. The Morgan fingerprint density at radius 1 is 1.15 bits per heavy atom. The van der Waals surface area contributed by atoms with Crippen LogP contribution < -0.4 is 16.2 Å². The van der Waals surface area contributed by atoms with Crippen LogP contribution in [0.3, 0.4) is 0 Å². The summed E-state index contributed by atoms with van der Waals surface area (Å²) in [5, 5.41) is 12.3. The number of phenols is 1. The number of hydrogen-bond acceptors (Lipinski definition) is 5. The van der Waals surface area contributed by atoms with Crippen molar-refractivity contribution in [3.05, 3.63) is 70.8 Å². The van der Waals surface area contributed by atoms with Crippen molar-refractivity contribution in [3.8, 4) is 11.5 Å². The quantitative estimate of drug-likeness (QED) is 0.299. The molecule has 7 heteroatoms. The molecule has 0 aliphatic carbocycles. The molecule has 4 rings (SSSR count). The van der Waals surface area contributed by atoms with Crippen molar-refractivity contribution in [2.75, 3.05) is 6.61 Å². The normalized spacial score (nSPS) is 17.2. The molecule has 1 heterocycles. The number of benzene rings is 3. The zero-order valence-corrected chi connectivity index (χ0v) is 18.9. The molecular formula is C26H29N3O4. The Bertz CT molecular complexity index is 1220. The summed E-state index contributed by atoms with van der Waals surface area (Å²) in [6, 6.07) is 14.7. The molecular weight excluding hydrogens is 418 g/mol. The fourth-order valence-corrected chi connectivity index (χ4v) is 4.22. The summed E-state index contributed by atoms with van der Waals surface area (Å²) in [5.41, 5.74) is 13.5. The van der Waals surface area contributed by atoms with E-state index in [0.29, 0.717) is 24.3 Å². The van der Waals surface area contributed by atoms with E-state index in [-0.39, 0.29) is 18.5 Å². The van der Waals surface area contributed by atoms with Crippen LogP contribution in [0.2, 0.25) is 0 Å². The average molecular weight is 448 g/mol. The van der Waals surface area contributed by atoms with Gasteiger partial charge in [0.1, 0.15) is 17.1 Å². The first-order chi connectivity index (χ1) is 15.8. The number of esters is 1. The molecule has 0 fully saturated rings. The second-order valence-corrected chi connectivity index (χ2v) is 8.70. The van der Waals surface area contributed by atoms with Crippen molar-refractivity contribution in [1.29, 1.82) is 0 Å². The van der Waals surface area contributed by atoms with Gasteiger partial charge in [-0.25, -0.2) is 9.79 Å².